The summed E-state index contributed by atoms with van der Waals surface area (Å²) >= 11 is 0. The summed E-state index contributed by atoms with van der Waals surface area (Å²) in [6.45, 7) is 3.74. The molecule has 124 valence electrons. The molecule has 0 saturated carbocycles. The van der Waals surface area contributed by atoms with Gasteiger partial charge in [-0.25, -0.2) is 9.59 Å². The van der Waals surface area contributed by atoms with E-state index in [-0.39, 0.29) is 18.2 Å². The van der Waals surface area contributed by atoms with Gasteiger partial charge in [0.2, 0.25) is 5.88 Å². The minimum atomic E-state index is -1.10. The second-order valence-electron chi connectivity index (χ2n) is 5.62. The Hall–Kier alpha value is -3.09. The molecule has 0 radical (unpaired) electrons. The van der Waals surface area contributed by atoms with Crippen molar-refractivity contribution in [1.82, 2.24) is 9.78 Å². The van der Waals surface area contributed by atoms with Crippen LogP contribution in [-0.2, 0) is 22.2 Å². The molecule has 1 aliphatic rings. The lowest BCUT2D eigenvalue weighted by Gasteiger charge is -2.27. The lowest BCUT2D eigenvalue weighted by atomic mass is 9.90. The molecule has 1 saturated heterocycles. The van der Waals surface area contributed by atoms with E-state index >= 15 is 0 Å². The van der Waals surface area contributed by atoms with Crippen molar-refractivity contribution in [3.63, 3.8) is 0 Å². The number of nitrogens with zero attached hydrogens (tertiary/aromatic N) is 2. The number of carbonyl (C=O) groups excluding carboxylic acids is 1. The van der Waals surface area contributed by atoms with Gasteiger partial charge in [0.05, 0.1) is 0 Å². The van der Waals surface area contributed by atoms with Crippen molar-refractivity contribution in [2.24, 2.45) is 7.05 Å². The van der Waals surface area contributed by atoms with Crippen LogP contribution in [0, 0.1) is 0 Å². The highest BCUT2D eigenvalue weighted by Crippen LogP contribution is 2.39. The van der Waals surface area contributed by atoms with Gasteiger partial charge in [-0.2, -0.15) is 0 Å². The highest BCUT2D eigenvalue weighted by molar-refractivity contribution is 5.90. The van der Waals surface area contributed by atoms with Gasteiger partial charge in [0.25, 0.3) is 0 Å². The number of aromatic carboxylic acids is 1. The second-order valence-corrected chi connectivity index (χ2v) is 5.62. The first-order chi connectivity index (χ1) is 11.4. The number of ether oxygens (including phenoxy) is 2. The standard InChI is InChI=1S/C17H16N2O5/c1-11-9-17(24-16(11)22,12-6-4-3-5-7-12)10-23-14-8-13(15(20)21)19(2)18-14/h3-8H,1,9-10H2,2H3,(H,20,21). The Morgan fingerprint density at radius 2 is 2.17 bits per heavy atom. The Labute approximate surface area is 138 Å². The van der Waals surface area contributed by atoms with Crippen LogP contribution in [0.25, 0.3) is 0 Å². The van der Waals surface area contributed by atoms with Crippen molar-refractivity contribution in [3.05, 3.63) is 59.8 Å². The van der Waals surface area contributed by atoms with Gasteiger partial charge >= 0.3 is 11.9 Å². The molecule has 24 heavy (non-hydrogen) atoms. The molecule has 1 atom stereocenters. The molecule has 2 aromatic rings. The average molecular weight is 328 g/mol. The third-order valence-electron chi connectivity index (χ3n) is 3.91. The topological polar surface area (TPSA) is 90.7 Å². The van der Waals surface area contributed by atoms with Crippen molar-refractivity contribution < 1.29 is 24.2 Å². The third kappa shape index (κ3) is 2.76. The van der Waals surface area contributed by atoms with E-state index in [1.54, 1.807) is 0 Å². The smallest absolute Gasteiger partial charge is 0.354 e. The molecule has 1 aromatic heterocycles. The first kappa shape index (κ1) is 15.8. The zero-order valence-electron chi connectivity index (χ0n) is 13.1. The zero-order valence-corrected chi connectivity index (χ0v) is 13.1. The Kier molecular flexibility index (Phi) is 3.84. The third-order valence-corrected chi connectivity index (χ3v) is 3.91. The number of hydrogen-bond donors (Lipinski definition) is 1. The van der Waals surface area contributed by atoms with Crippen LogP contribution in [0.2, 0.25) is 0 Å². The van der Waals surface area contributed by atoms with Crippen LogP contribution in [-0.4, -0.2) is 33.4 Å². The van der Waals surface area contributed by atoms with Crippen LogP contribution in [0.4, 0.5) is 0 Å². The van der Waals surface area contributed by atoms with Crippen molar-refractivity contribution in [3.8, 4) is 5.88 Å². The maximum Gasteiger partial charge on any atom is 0.354 e. The number of rotatable bonds is 5. The molecule has 0 amide bonds. The van der Waals surface area contributed by atoms with E-state index in [1.807, 2.05) is 30.3 Å². The first-order valence-electron chi connectivity index (χ1n) is 7.28. The molecule has 0 bridgehead atoms. The van der Waals surface area contributed by atoms with E-state index in [4.69, 9.17) is 14.6 Å². The molecule has 1 unspecified atom stereocenters. The van der Waals surface area contributed by atoms with Gasteiger partial charge in [-0.05, 0) is 5.56 Å². The number of cyclic esters (lactones) is 1. The minimum absolute atomic E-state index is 0.00610. The quantitative estimate of drug-likeness (QED) is 0.666. The van der Waals surface area contributed by atoms with Gasteiger partial charge in [0.15, 0.2) is 5.60 Å². The number of hydrogen-bond acceptors (Lipinski definition) is 5. The number of aryl methyl sites for hydroxylation is 1. The Morgan fingerprint density at radius 3 is 2.71 bits per heavy atom. The van der Waals surface area contributed by atoms with Crippen LogP contribution in [0.3, 0.4) is 0 Å². The summed E-state index contributed by atoms with van der Waals surface area (Å²) in [5.74, 6) is -1.41. The van der Waals surface area contributed by atoms with E-state index in [2.05, 4.69) is 11.7 Å². The largest absolute Gasteiger partial charge is 0.477 e. The highest BCUT2D eigenvalue weighted by atomic mass is 16.6. The summed E-state index contributed by atoms with van der Waals surface area (Å²) in [5.41, 5.74) is 0.170. The number of carboxylic acids is 1. The average Bonchev–Trinajstić information content (AvgIpc) is 3.07. The van der Waals surface area contributed by atoms with Gasteiger partial charge in [-0.15, -0.1) is 5.10 Å². The molecule has 7 nitrogen and oxygen atoms in total. The van der Waals surface area contributed by atoms with E-state index in [1.165, 1.54) is 17.8 Å². The highest BCUT2D eigenvalue weighted by Gasteiger charge is 2.45. The first-order valence-corrected chi connectivity index (χ1v) is 7.28. The van der Waals surface area contributed by atoms with E-state index in [0.717, 1.165) is 5.56 Å². The fourth-order valence-electron chi connectivity index (χ4n) is 2.67. The van der Waals surface area contributed by atoms with Crippen LogP contribution in [0.5, 0.6) is 5.88 Å². The summed E-state index contributed by atoms with van der Waals surface area (Å²) in [4.78, 5) is 22.9. The van der Waals surface area contributed by atoms with Crippen LogP contribution >= 0.6 is 0 Å². The van der Waals surface area contributed by atoms with Crippen molar-refractivity contribution in [2.75, 3.05) is 6.61 Å². The lowest BCUT2D eigenvalue weighted by Crippen LogP contribution is -2.33. The molecule has 0 aliphatic carbocycles. The lowest BCUT2D eigenvalue weighted by molar-refractivity contribution is -0.150. The number of carboxylic acid groups (broad SMARTS) is 1. The van der Waals surface area contributed by atoms with E-state index in [9.17, 15) is 9.59 Å². The van der Waals surface area contributed by atoms with Crippen LogP contribution in [0.15, 0.2) is 48.6 Å². The molecule has 2 heterocycles. The summed E-state index contributed by atoms with van der Waals surface area (Å²) in [6, 6.07) is 10.6. The monoisotopic (exact) mass is 328 g/mol. The second kappa shape index (κ2) is 5.84. The normalized spacial score (nSPS) is 20.0. The minimum Gasteiger partial charge on any atom is -0.477 e. The van der Waals surface area contributed by atoms with E-state index < -0.39 is 17.5 Å². The SMILES string of the molecule is C=C1CC(COc2cc(C(=O)O)n(C)n2)(c2ccccc2)OC1=O. The van der Waals surface area contributed by atoms with Gasteiger partial charge < -0.3 is 14.6 Å². The number of carbonyl (C=O) groups is 2. The Bertz CT molecular complexity index is 794. The number of esters is 1. The Balaban J connectivity index is 1.86. The summed E-state index contributed by atoms with van der Waals surface area (Å²) in [6.07, 6.45) is 0.300. The van der Waals surface area contributed by atoms with Crippen molar-refractivity contribution in [2.45, 2.75) is 12.0 Å². The molecule has 1 aromatic carbocycles. The van der Waals surface area contributed by atoms with Gasteiger partial charge in [0, 0.05) is 25.1 Å². The van der Waals surface area contributed by atoms with Gasteiger partial charge in [0.1, 0.15) is 12.3 Å². The molecule has 7 heteroatoms. The molecular weight excluding hydrogens is 312 g/mol. The summed E-state index contributed by atoms with van der Waals surface area (Å²) in [7, 11) is 1.51. The van der Waals surface area contributed by atoms with Crippen LogP contribution < -0.4 is 4.74 Å². The zero-order chi connectivity index (χ0) is 17.3. The fraction of sp³-hybridized carbons (Fsp3) is 0.235. The van der Waals surface area contributed by atoms with Crippen molar-refractivity contribution >= 4 is 11.9 Å². The fourth-order valence-corrected chi connectivity index (χ4v) is 2.67. The van der Waals surface area contributed by atoms with Gasteiger partial charge in [-0.1, -0.05) is 36.9 Å². The van der Waals surface area contributed by atoms with Crippen LogP contribution in [0.1, 0.15) is 22.5 Å². The molecule has 1 aliphatic heterocycles. The Morgan fingerprint density at radius 1 is 1.46 bits per heavy atom. The molecule has 0 spiro atoms. The number of aromatic nitrogens is 2. The molecule has 1 N–H and O–H groups in total. The number of benzene rings is 1. The molecule has 1 fully saturated rings. The maximum absolute atomic E-state index is 11.8. The summed E-state index contributed by atoms with van der Waals surface area (Å²) < 4.78 is 12.4. The predicted molar refractivity (Wildman–Crippen MR) is 83.6 cm³/mol. The van der Waals surface area contributed by atoms with Gasteiger partial charge in [-0.3, -0.25) is 4.68 Å². The maximum atomic E-state index is 11.8. The molecule has 3 rings (SSSR count). The van der Waals surface area contributed by atoms with E-state index in [0.29, 0.717) is 12.0 Å². The predicted octanol–water partition coefficient (Wildman–Crippen LogP) is 1.90. The molecular formula is C17H16N2O5. The van der Waals surface area contributed by atoms with Crippen molar-refractivity contribution in [1.29, 1.82) is 0 Å². The summed E-state index contributed by atoms with van der Waals surface area (Å²) in [5, 5.41) is 13.1.